The second kappa shape index (κ2) is 12.6. The van der Waals surface area contributed by atoms with Gasteiger partial charge in [-0.3, -0.25) is 0 Å². The second-order valence-corrected chi connectivity index (χ2v) is 12.9. The number of thiophene rings is 2. The SMILES string of the molecule is CCN(CC)c1ccc2cc(-c3ccc(-c4ccc(-c5ccc(N(c6ccccc6)c6ccccc6)cc5)s4)s3)c(=O)oc2c1. The summed E-state index contributed by atoms with van der Waals surface area (Å²) >= 11 is 3.38. The molecule has 0 fully saturated rings. The number of anilines is 4. The van der Waals surface area contributed by atoms with Gasteiger partial charge in [-0.05, 0) is 98.3 Å². The van der Waals surface area contributed by atoms with Crippen molar-refractivity contribution in [3.63, 3.8) is 0 Å². The van der Waals surface area contributed by atoms with Crippen LogP contribution < -0.4 is 15.4 Å². The molecule has 3 aromatic heterocycles. The lowest BCUT2D eigenvalue weighted by Crippen LogP contribution is -2.21. The van der Waals surface area contributed by atoms with E-state index in [0.29, 0.717) is 11.1 Å². The predicted octanol–water partition coefficient (Wildman–Crippen LogP) is 11.2. The fourth-order valence-corrected chi connectivity index (χ4v) is 7.79. The molecule has 6 heteroatoms. The molecule has 7 aromatic rings. The molecule has 0 spiro atoms. The van der Waals surface area contributed by atoms with Gasteiger partial charge in [0, 0.05) is 66.8 Å². The van der Waals surface area contributed by atoms with E-state index in [9.17, 15) is 4.79 Å². The molecule has 0 radical (unpaired) electrons. The van der Waals surface area contributed by atoms with Crippen molar-refractivity contribution in [1.29, 1.82) is 0 Å². The lowest BCUT2D eigenvalue weighted by atomic mass is 10.1. The molecule has 0 saturated heterocycles. The zero-order chi connectivity index (χ0) is 30.8. The van der Waals surface area contributed by atoms with Gasteiger partial charge in [-0.2, -0.15) is 0 Å². The monoisotopic (exact) mass is 624 g/mol. The van der Waals surface area contributed by atoms with Gasteiger partial charge in [-0.25, -0.2) is 4.79 Å². The number of rotatable bonds is 9. The van der Waals surface area contributed by atoms with E-state index >= 15 is 0 Å². The van der Waals surface area contributed by atoms with E-state index in [0.717, 1.165) is 51.0 Å². The van der Waals surface area contributed by atoms with E-state index in [-0.39, 0.29) is 5.63 Å². The van der Waals surface area contributed by atoms with Gasteiger partial charge in [0.15, 0.2) is 0 Å². The number of fused-ring (bicyclic) bond motifs is 1. The molecule has 0 unspecified atom stereocenters. The Balaban J connectivity index is 1.14. The Morgan fingerprint density at radius 2 is 1.09 bits per heavy atom. The number of para-hydroxylation sites is 2. The largest absolute Gasteiger partial charge is 0.422 e. The molecule has 0 saturated carbocycles. The van der Waals surface area contributed by atoms with E-state index in [1.807, 2.05) is 36.4 Å². The van der Waals surface area contributed by atoms with Crippen LogP contribution in [0.1, 0.15) is 13.8 Å². The van der Waals surface area contributed by atoms with E-state index in [4.69, 9.17) is 4.42 Å². The van der Waals surface area contributed by atoms with Crippen LogP contribution in [0.5, 0.6) is 0 Å². The minimum Gasteiger partial charge on any atom is -0.422 e. The maximum Gasteiger partial charge on any atom is 0.345 e. The Bertz CT molecular complexity index is 2070. The predicted molar refractivity (Wildman–Crippen MR) is 193 cm³/mol. The topological polar surface area (TPSA) is 36.7 Å². The van der Waals surface area contributed by atoms with Gasteiger partial charge < -0.3 is 14.2 Å². The minimum absolute atomic E-state index is 0.306. The van der Waals surface area contributed by atoms with Crippen molar-refractivity contribution in [2.45, 2.75) is 13.8 Å². The first-order valence-corrected chi connectivity index (χ1v) is 16.8. The highest BCUT2D eigenvalue weighted by atomic mass is 32.1. The van der Waals surface area contributed by atoms with Crippen molar-refractivity contribution in [2.24, 2.45) is 0 Å². The Kier molecular flexibility index (Phi) is 8.07. The van der Waals surface area contributed by atoms with Crippen LogP contribution in [-0.2, 0) is 0 Å². The fraction of sp³-hybridized carbons (Fsp3) is 0.103. The molecule has 0 bridgehead atoms. The van der Waals surface area contributed by atoms with Crippen LogP contribution in [0.15, 0.2) is 143 Å². The molecular weight excluding hydrogens is 593 g/mol. The molecule has 4 nitrogen and oxygen atoms in total. The average molecular weight is 625 g/mol. The van der Waals surface area contributed by atoms with Crippen LogP contribution in [0, 0.1) is 0 Å². The molecule has 222 valence electrons. The lowest BCUT2D eigenvalue weighted by molar-refractivity contribution is 0.563. The van der Waals surface area contributed by atoms with Crippen LogP contribution in [0.25, 0.3) is 41.6 Å². The molecule has 0 aliphatic heterocycles. The highest BCUT2D eigenvalue weighted by molar-refractivity contribution is 7.25. The zero-order valence-electron chi connectivity index (χ0n) is 25.1. The lowest BCUT2D eigenvalue weighted by Gasteiger charge is -2.25. The summed E-state index contributed by atoms with van der Waals surface area (Å²) in [5.74, 6) is 0. The summed E-state index contributed by atoms with van der Waals surface area (Å²) < 4.78 is 5.81. The molecule has 0 aliphatic carbocycles. The van der Waals surface area contributed by atoms with Gasteiger partial charge in [-0.1, -0.05) is 48.5 Å². The summed E-state index contributed by atoms with van der Waals surface area (Å²) in [6.07, 6.45) is 0. The van der Waals surface area contributed by atoms with Crippen LogP contribution in [0.2, 0.25) is 0 Å². The Morgan fingerprint density at radius 1 is 0.556 bits per heavy atom. The van der Waals surface area contributed by atoms with Crippen molar-refractivity contribution in [3.05, 3.63) is 144 Å². The molecule has 0 N–H and O–H groups in total. The maximum atomic E-state index is 13.1. The van der Waals surface area contributed by atoms with Crippen molar-refractivity contribution in [2.75, 3.05) is 22.9 Å². The van der Waals surface area contributed by atoms with Crippen molar-refractivity contribution in [1.82, 2.24) is 0 Å². The van der Waals surface area contributed by atoms with Crippen molar-refractivity contribution < 1.29 is 4.42 Å². The normalized spacial score (nSPS) is 11.2. The highest BCUT2D eigenvalue weighted by Crippen LogP contribution is 2.41. The molecule has 45 heavy (non-hydrogen) atoms. The fourth-order valence-electron chi connectivity index (χ4n) is 5.67. The van der Waals surface area contributed by atoms with E-state index in [1.165, 1.54) is 15.3 Å². The smallest absolute Gasteiger partial charge is 0.345 e. The second-order valence-electron chi connectivity index (χ2n) is 10.7. The first kappa shape index (κ1) is 28.8. The Morgan fingerprint density at radius 3 is 1.71 bits per heavy atom. The summed E-state index contributed by atoms with van der Waals surface area (Å²) in [4.78, 5) is 22.0. The molecule has 0 amide bonds. The summed E-state index contributed by atoms with van der Waals surface area (Å²) in [5, 5.41) is 0.926. The number of nitrogens with zero attached hydrogens (tertiary/aromatic N) is 2. The summed E-state index contributed by atoms with van der Waals surface area (Å²) in [7, 11) is 0. The van der Waals surface area contributed by atoms with Gasteiger partial charge in [0.1, 0.15) is 5.58 Å². The number of hydrogen-bond donors (Lipinski definition) is 0. The first-order chi connectivity index (χ1) is 22.1. The summed E-state index contributed by atoms with van der Waals surface area (Å²) in [6.45, 7) is 6.05. The van der Waals surface area contributed by atoms with E-state index in [2.05, 4.69) is 121 Å². The van der Waals surface area contributed by atoms with E-state index < -0.39 is 0 Å². The minimum atomic E-state index is -0.306. The van der Waals surface area contributed by atoms with Crippen LogP contribution in [-0.4, -0.2) is 13.1 Å². The van der Waals surface area contributed by atoms with Gasteiger partial charge in [0.2, 0.25) is 0 Å². The number of hydrogen-bond acceptors (Lipinski definition) is 6. The molecule has 3 heterocycles. The number of benzene rings is 4. The van der Waals surface area contributed by atoms with Crippen molar-refractivity contribution >= 4 is 56.4 Å². The zero-order valence-corrected chi connectivity index (χ0v) is 26.8. The third-order valence-corrected chi connectivity index (χ3v) is 10.5. The highest BCUT2D eigenvalue weighted by Gasteiger charge is 2.15. The first-order valence-electron chi connectivity index (χ1n) is 15.1. The molecule has 0 atom stereocenters. The van der Waals surface area contributed by atoms with Crippen LogP contribution in [0.4, 0.5) is 22.7 Å². The molecule has 7 rings (SSSR count). The summed E-state index contributed by atoms with van der Waals surface area (Å²) in [6, 6.07) is 46.2. The average Bonchev–Trinajstić information content (AvgIpc) is 3.77. The van der Waals surface area contributed by atoms with Gasteiger partial charge in [0.05, 0.1) is 5.56 Å². The van der Waals surface area contributed by atoms with Crippen LogP contribution in [0.3, 0.4) is 0 Å². The van der Waals surface area contributed by atoms with Gasteiger partial charge >= 0.3 is 5.63 Å². The Hall–Kier alpha value is -4.91. The van der Waals surface area contributed by atoms with Crippen LogP contribution >= 0.6 is 22.7 Å². The van der Waals surface area contributed by atoms with Gasteiger partial charge in [0.25, 0.3) is 0 Å². The summed E-state index contributed by atoms with van der Waals surface area (Å²) in [5.41, 5.74) is 6.50. The molecular formula is C39H32N2O2S2. The quantitative estimate of drug-likeness (QED) is 0.150. The molecule has 4 aromatic carbocycles. The van der Waals surface area contributed by atoms with E-state index in [1.54, 1.807) is 22.7 Å². The third-order valence-electron chi connectivity index (χ3n) is 8.01. The third kappa shape index (κ3) is 5.82. The molecule has 0 aliphatic rings. The standard InChI is InChI=1S/C39H32N2O2S2/c1-3-40(4-2)32-20-17-28-25-33(39(42)43-34(28)26-32)36-22-24-38(45-36)37-23-21-35(44-37)27-15-18-31(19-16-27)41(29-11-7-5-8-12-29)30-13-9-6-10-14-30/h5-26H,3-4H2,1-2H3. The maximum absolute atomic E-state index is 13.1. The Labute approximate surface area is 271 Å². The van der Waals surface area contributed by atoms with Crippen molar-refractivity contribution in [3.8, 4) is 30.6 Å². The van der Waals surface area contributed by atoms with Gasteiger partial charge in [-0.15, -0.1) is 22.7 Å².